The predicted molar refractivity (Wildman–Crippen MR) is 67.3 cm³/mol. The van der Waals surface area contributed by atoms with Crippen molar-refractivity contribution in [1.29, 1.82) is 0 Å². The van der Waals surface area contributed by atoms with Gasteiger partial charge in [0.15, 0.2) is 5.82 Å². The van der Waals surface area contributed by atoms with Crippen molar-refractivity contribution in [3.8, 4) is 0 Å². The van der Waals surface area contributed by atoms with Crippen LogP contribution >= 0.6 is 0 Å². The van der Waals surface area contributed by atoms with Crippen LogP contribution in [0.1, 0.15) is 17.4 Å². The Labute approximate surface area is 103 Å². The van der Waals surface area contributed by atoms with E-state index in [1.165, 1.54) is 12.1 Å². The predicted octanol–water partition coefficient (Wildman–Crippen LogP) is 0.426. The van der Waals surface area contributed by atoms with Crippen LogP contribution in [0.15, 0.2) is 29.2 Å². The number of hydrogen-bond donors (Lipinski definition) is 3. The van der Waals surface area contributed by atoms with Gasteiger partial charge in [0.05, 0.1) is 5.69 Å². The summed E-state index contributed by atoms with van der Waals surface area (Å²) in [7, 11) is 0. The van der Waals surface area contributed by atoms with Gasteiger partial charge in [-0.15, -0.1) is 0 Å². The molecule has 1 amide bonds. The zero-order chi connectivity index (χ0) is 13.1. The van der Waals surface area contributed by atoms with Crippen LogP contribution in [0.5, 0.6) is 0 Å². The first-order valence-corrected chi connectivity index (χ1v) is 5.43. The lowest BCUT2D eigenvalue weighted by atomic mass is 10.3. The molecular weight excluding hydrogens is 234 g/mol. The number of nitrogen functional groups attached to an aromatic ring is 1. The van der Waals surface area contributed by atoms with E-state index in [-0.39, 0.29) is 17.3 Å². The van der Waals surface area contributed by atoms with Crippen molar-refractivity contribution in [3.05, 3.63) is 40.4 Å². The fourth-order valence-electron chi connectivity index (χ4n) is 1.58. The molecule has 7 nitrogen and oxygen atoms in total. The highest BCUT2D eigenvalue weighted by Gasteiger charge is 2.12. The minimum Gasteiger partial charge on any atom is -0.397 e. The Kier molecular flexibility index (Phi) is 3.13. The standard InChI is InChI=1S/C11H13N5O2/c1-2-16-6-7(12)5-8(16)11(18)13-9-3-4-10(17)15-14-9/h3-6H,2,12H2,1H3,(H,15,17)(H,13,14,18). The van der Waals surface area contributed by atoms with Gasteiger partial charge in [-0.05, 0) is 19.1 Å². The van der Waals surface area contributed by atoms with Gasteiger partial charge in [-0.2, -0.15) is 5.10 Å². The molecule has 0 aliphatic carbocycles. The fourth-order valence-corrected chi connectivity index (χ4v) is 1.58. The van der Waals surface area contributed by atoms with Crippen molar-refractivity contribution >= 4 is 17.4 Å². The summed E-state index contributed by atoms with van der Waals surface area (Å²) in [5.74, 6) is -0.0462. The van der Waals surface area contributed by atoms with Crippen LogP contribution in [0.4, 0.5) is 11.5 Å². The Balaban J connectivity index is 2.21. The molecule has 0 bridgehead atoms. The molecule has 0 radical (unpaired) electrons. The van der Waals surface area contributed by atoms with E-state index in [2.05, 4.69) is 15.5 Å². The number of aromatic amines is 1. The number of carbonyl (C=O) groups excluding carboxylic acids is 1. The van der Waals surface area contributed by atoms with Crippen LogP contribution in [0.2, 0.25) is 0 Å². The van der Waals surface area contributed by atoms with Gasteiger partial charge in [-0.25, -0.2) is 5.10 Å². The molecule has 0 saturated carbocycles. The molecule has 2 aromatic rings. The molecule has 0 aliphatic heterocycles. The van der Waals surface area contributed by atoms with Crippen LogP contribution in [-0.4, -0.2) is 20.7 Å². The number of nitrogens with one attached hydrogen (secondary N) is 2. The third kappa shape index (κ3) is 2.40. The van der Waals surface area contributed by atoms with Gasteiger partial charge in [0, 0.05) is 18.8 Å². The molecule has 0 saturated heterocycles. The van der Waals surface area contributed by atoms with E-state index in [1.807, 2.05) is 6.92 Å². The Morgan fingerprint density at radius 3 is 2.94 bits per heavy atom. The van der Waals surface area contributed by atoms with Gasteiger partial charge >= 0.3 is 0 Å². The summed E-state index contributed by atoms with van der Waals surface area (Å²) >= 11 is 0. The maximum absolute atomic E-state index is 12.0. The molecule has 0 fully saturated rings. The lowest BCUT2D eigenvalue weighted by Crippen LogP contribution is -2.18. The first-order valence-electron chi connectivity index (χ1n) is 5.43. The first-order chi connectivity index (χ1) is 8.60. The van der Waals surface area contributed by atoms with Gasteiger partial charge < -0.3 is 15.6 Å². The average molecular weight is 247 g/mol. The van der Waals surface area contributed by atoms with E-state index in [0.717, 1.165) is 0 Å². The quantitative estimate of drug-likeness (QED) is 0.731. The normalized spacial score (nSPS) is 10.3. The van der Waals surface area contributed by atoms with Crippen LogP contribution < -0.4 is 16.6 Å². The highest BCUT2D eigenvalue weighted by atomic mass is 16.2. The van der Waals surface area contributed by atoms with E-state index in [9.17, 15) is 9.59 Å². The van der Waals surface area contributed by atoms with Crippen molar-refractivity contribution in [1.82, 2.24) is 14.8 Å². The lowest BCUT2D eigenvalue weighted by molar-refractivity contribution is 0.101. The fraction of sp³-hybridized carbons (Fsp3) is 0.182. The van der Waals surface area contributed by atoms with Crippen molar-refractivity contribution in [2.24, 2.45) is 0 Å². The number of amides is 1. The first kappa shape index (κ1) is 11.9. The number of nitrogens with two attached hydrogens (primary N) is 1. The molecule has 94 valence electrons. The third-order valence-corrected chi connectivity index (χ3v) is 2.41. The lowest BCUT2D eigenvalue weighted by Gasteiger charge is -2.06. The van der Waals surface area contributed by atoms with Crippen molar-refractivity contribution in [2.75, 3.05) is 11.1 Å². The van der Waals surface area contributed by atoms with E-state index >= 15 is 0 Å². The summed E-state index contributed by atoms with van der Waals surface area (Å²) in [5, 5.41) is 8.51. The smallest absolute Gasteiger partial charge is 0.273 e. The molecule has 0 unspecified atom stereocenters. The molecule has 7 heteroatoms. The molecule has 0 aromatic carbocycles. The Bertz CT molecular complexity index is 608. The van der Waals surface area contributed by atoms with Crippen molar-refractivity contribution < 1.29 is 4.79 Å². The molecule has 18 heavy (non-hydrogen) atoms. The van der Waals surface area contributed by atoms with E-state index in [4.69, 9.17) is 5.73 Å². The molecule has 0 aliphatic rings. The van der Waals surface area contributed by atoms with Gasteiger partial charge in [0.2, 0.25) is 0 Å². The number of aryl methyl sites for hydroxylation is 1. The van der Waals surface area contributed by atoms with Crippen LogP contribution in [-0.2, 0) is 6.54 Å². The van der Waals surface area contributed by atoms with Gasteiger partial charge in [0.25, 0.3) is 11.5 Å². The molecule has 4 N–H and O–H groups in total. The minimum absolute atomic E-state index is 0.280. The molecule has 2 heterocycles. The van der Waals surface area contributed by atoms with E-state index in [1.54, 1.807) is 16.8 Å². The highest BCUT2D eigenvalue weighted by Crippen LogP contribution is 2.12. The maximum atomic E-state index is 12.0. The number of hydrogen-bond acceptors (Lipinski definition) is 4. The topological polar surface area (TPSA) is 106 Å². The number of anilines is 2. The SMILES string of the molecule is CCn1cc(N)cc1C(=O)Nc1ccc(=O)[nH]n1. The van der Waals surface area contributed by atoms with Crippen LogP contribution in [0.25, 0.3) is 0 Å². The van der Waals surface area contributed by atoms with Gasteiger partial charge in [0.1, 0.15) is 5.69 Å². The summed E-state index contributed by atoms with van der Waals surface area (Å²) in [5.41, 5.74) is 6.29. The Morgan fingerprint density at radius 1 is 1.56 bits per heavy atom. The summed E-state index contributed by atoms with van der Waals surface area (Å²) in [6.07, 6.45) is 1.69. The zero-order valence-corrected chi connectivity index (χ0v) is 9.80. The summed E-state index contributed by atoms with van der Waals surface area (Å²) in [6.45, 7) is 2.55. The second kappa shape index (κ2) is 4.74. The zero-order valence-electron chi connectivity index (χ0n) is 9.80. The molecule has 0 spiro atoms. The highest BCUT2D eigenvalue weighted by molar-refractivity contribution is 6.03. The van der Waals surface area contributed by atoms with Crippen LogP contribution in [0, 0.1) is 0 Å². The largest absolute Gasteiger partial charge is 0.397 e. The number of carbonyl (C=O) groups is 1. The molecular formula is C11H13N5O2. The van der Waals surface area contributed by atoms with Crippen LogP contribution in [0.3, 0.4) is 0 Å². The number of aromatic nitrogens is 3. The maximum Gasteiger partial charge on any atom is 0.273 e. The summed E-state index contributed by atoms with van der Waals surface area (Å²) in [4.78, 5) is 22.8. The third-order valence-electron chi connectivity index (χ3n) is 2.41. The monoisotopic (exact) mass is 247 g/mol. The average Bonchev–Trinajstić information content (AvgIpc) is 2.73. The molecule has 0 atom stereocenters. The second-order valence-electron chi connectivity index (χ2n) is 3.71. The second-order valence-corrected chi connectivity index (χ2v) is 3.71. The number of rotatable bonds is 3. The van der Waals surface area contributed by atoms with Gasteiger partial charge in [-0.3, -0.25) is 9.59 Å². The number of H-pyrrole nitrogens is 1. The Hall–Kier alpha value is -2.57. The van der Waals surface area contributed by atoms with E-state index in [0.29, 0.717) is 17.9 Å². The summed E-state index contributed by atoms with van der Waals surface area (Å²) in [6, 6.07) is 4.31. The van der Waals surface area contributed by atoms with Crippen molar-refractivity contribution in [3.63, 3.8) is 0 Å². The number of nitrogens with zero attached hydrogens (tertiary/aromatic N) is 2. The minimum atomic E-state index is -0.326. The molecule has 2 aromatic heterocycles. The van der Waals surface area contributed by atoms with Crippen molar-refractivity contribution in [2.45, 2.75) is 13.5 Å². The molecule has 2 rings (SSSR count). The Morgan fingerprint density at radius 2 is 2.33 bits per heavy atom. The van der Waals surface area contributed by atoms with E-state index < -0.39 is 0 Å². The van der Waals surface area contributed by atoms with Gasteiger partial charge in [-0.1, -0.05) is 0 Å². The summed E-state index contributed by atoms with van der Waals surface area (Å²) < 4.78 is 1.73.